The first kappa shape index (κ1) is 15.6. The number of pyridine rings is 1. The predicted octanol–water partition coefficient (Wildman–Crippen LogP) is 4.77. The van der Waals surface area contributed by atoms with Gasteiger partial charge < -0.3 is 5.32 Å². The Morgan fingerprint density at radius 1 is 1.10 bits per heavy atom. The molecule has 1 N–H and O–H groups in total. The molecule has 0 unspecified atom stereocenters. The third kappa shape index (κ3) is 2.96. The van der Waals surface area contributed by atoms with Crippen LogP contribution in [0.15, 0.2) is 12.1 Å². The van der Waals surface area contributed by atoms with Gasteiger partial charge in [-0.2, -0.15) is 0 Å². The van der Waals surface area contributed by atoms with Gasteiger partial charge in [-0.15, -0.1) is 0 Å². The molecule has 5 heteroatoms. The first-order chi connectivity index (χ1) is 9.75. The van der Waals surface area contributed by atoms with Gasteiger partial charge >= 0.3 is 0 Å². The molecule has 1 aromatic carbocycles. The second kappa shape index (κ2) is 5.54. The van der Waals surface area contributed by atoms with Crippen molar-refractivity contribution in [3.05, 3.63) is 35.1 Å². The van der Waals surface area contributed by atoms with E-state index in [1.54, 1.807) is 6.07 Å². The number of hydrogen-bond donors (Lipinski definition) is 1. The average molecular weight is 296 g/mol. The summed E-state index contributed by atoms with van der Waals surface area (Å²) < 4.78 is 40.6. The van der Waals surface area contributed by atoms with Gasteiger partial charge in [0.1, 0.15) is 11.3 Å². The lowest BCUT2D eigenvalue weighted by Gasteiger charge is -2.23. The summed E-state index contributed by atoms with van der Waals surface area (Å²) in [6.07, 6.45) is 0.879. The zero-order valence-electron chi connectivity index (χ0n) is 12.7. The van der Waals surface area contributed by atoms with Gasteiger partial charge in [0.2, 0.25) is 0 Å². The SMILES string of the molecule is CCCNc1nc2c(F)c(F)c(F)cc2cc1C(C)(C)C. The van der Waals surface area contributed by atoms with Crippen LogP contribution in [-0.2, 0) is 5.41 Å². The molecule has 0 atom stereocenters. The highest BCUT2D eigenvalue weighted by molar-refractivity contribution is 5.83. The molecular formula is C16H19F3N2. The van der Waals surface area contributed by atoms with Crippen molar-refractivity contribution in [3.63, 3.8) is 0 Å². The topological polar surface area (TPSA) is 24.9 Å². The quantitative estimate of drug-likeness (QED) is 0.825. The minimum atomic E-state index is -1.49. The molecular weight excluding hydrogens is 277 g/mol. The molecule has 0 radical (unpaired) electrons. The van der Waals surface area contributed by atoms with Crippen LogP contribution in [0.2, 0.25) is 0 Å². The fourth-order valence-electron chi connectivity index (χ4n) is 2.17. The number of fused-ring (bicyclic) bond motifs is 1. The number of aromatic nitrogens is 1. The van der Waals surface area contributed by atoms with Crippen LogP contribution in [0.5, 0.6) is 0 Å². The second-order valence-corrected chi connectivity index (χ2v) is 6.12. The molecule has 0 aliphatic rings. The fraction of sp³-hybridized carbons (Fsp3) is 0.438. The van der Waals surface area contributed by atoms with Crippen molar-refractivity contribution in [2.75, 3.05) is 11.9 Å². The number of anilines is 1. The first-order valence-electron chi connectivity index (χ1n) is 6.98. The molecule has 2 rings (SSSR count). The van der Waals surface area contributed by atoms with Crippen molar-refractivity contribution >= 4 is 16.7 Å². The zero-order valence-corrected chi connectivity index (χ0v) is 12.7. The van der Waals surface area contributed by atoms with E-state index in [0.29, 0.717) is 12.4 Å². The van der Waals surface area contributed by atoms with Gasteiger partial charge in [0.25, 0.3) is 0 Å². The summed E-state index contributed by atoms with van der Waals surface area (Å²) in [5, 5.41) is 3.39. The Kier molecular flexibility index (Phi) is 4.12. The van der Waals surface area contributed by atoms with E-state index in [1.807, 2.05) is 27.7 Å². The van der Waals surface area contributed by atoms with E-state index in [1.165, 1.54) is 0 Å². The smallest absolute Gasteiger partial charge is 0.196 e. The number of hydrogen-bond acceptors (Lipinski definition) is 2. The number of halogens is 3. The summed E-state index contributed by atoms with van der Waals surface area (Å²) in [6.45, 7) is 8.64. The van der Waals surface area contributed by atoms with Gasteiger partial charge in [-0.1, -0.05) is 27.7 Å². The van der Waals surface area contributed by atoms with E-state index in [9.17, 15) is 13.2 Å². The molecule has 0 saturated carbocycles. The molecule has 0 aliphatic heterocycles. The molecule has 0 aliphatic carbocycles. The Balaban J connectivity index is 2.74. The van der Waals surface area contributed by atoms with Crippen molar-refractivity contribution in [2.45, 2.75) is 39.5 Å². The lowest BCUT2D eigenvalue weighted by molar-refractivity contribution is 0.452. The van der Waals surface area contributed by atoms with Crippen molar-refractivity contribution in [1.82, 2.24) is 4.98 Å². The maximum Gasteiger partial charge on any atom is 0.196 e. The maximum atomic E-state index is 13.9. The van der Waals surface area contributed by atoms with Gasteiger partial charge in [0.05, 0.1) is 0 Å². The van der Waals surface area contributed by atoms with E-state index in [0.717, 1.165) is 18.1 Å². The summed E-state index contributed by atoms with van der Waals surface area (Å²) >= 11 is 0. The van der Waals surface area contributed by atoms with Crippen LogP contribution in [0.3, 0.4) is 0 Å². The predicted molar refractivity (Wildman–Crippen MR) is 79.1 cm³/mol. The summed E-state index contributed by atoms with van der Waals surface area (Å²) in [6, 6.07) is 2.66. The summed E-state index contributed by atoms with van der Waals surface area (Å²) in [4.78, 5) is 4.19. The van der Waals surface area contributed by atoms with Gasteiger partial charge in [0, 0.05) is 17.5 Å². The maximum absolute atomic E-state index is 13.9. The molecule has 0 spiro atoms. The molecule has 21 heavy (non-hydrogen) atoms. The second-order valence-electron chi connectivity index (χ2n) is 6.12. The van der Waals surface area contributed by atoms with E-state index in [2.05, 4.69) is 10.3 Å². The summed E-state index contributed by atoms with van der Waals surface area (Å²) in [5.74, 6) is -3.41. The van der Waals surface area contributed by atoms with E-state index in [4.69, 9.17) is 0 Å². The highest BCUT2D eigenvalue weighted by Crippen LogP contribution is 2.33. The highest BCUT2D eigenvalue weighted by Gasteiger charge is 2.23. The Labute approximate surface area is 122 Å². The Morgan fingerprint density at radius 3 is 2.33 bits per heavy atom. The average Bonchev–Trinajstić information content (AvgIpc) is 2.41. The molecule has 1 aromatic heterocycles. The highest BCUT2D eigenvalue weighted by atomic mass is 19.2. The van der Waals surface area contributed by atoms with Crippen LogP contribution in [-0.4, -0.2) is 11.5 Å². The van der Waals surface area contributed by atoms with Crippen molar-refractivity contribution in [2.24, 2.45) is 0 Å². The number of nitrogens with zero attached hydrogens (tertiary/aromatic N) is 1. The van der Waals surface area contributed by atoms with E-state index >= 15 is 0 Å². The molecule has 0 amide bonds. The number of nitrogens with one attached hydrogen (secondary N) is 1. The minimum Gasteiger partial charge on any atom is -0.370 e. The Morgan fingerprint density at radius 2 is 1.76 bits per heavy atom. The van der Waals surface area contributed by atoms with Crippen LogP contribution >= 0.6 is 0 Å². The van der Waals surface area contributed by atoms with Crippen LogP contribution in [0.4, 0.5) is 19.0 Å². The van der Waals surface area contributed by atoms with Crippen molar-refractivity contribution in [1.29, 1.82) is 0 Å². The first-order valence-corrected chi connectivity index (χ1v) is 6.98. The molecule has 0 bridgehead atoms. The molecule has 2 nitrogen and oxygen atoms in total. The van der Waals surface area contributed by atoms with Crippen LogP contribution < -0.4 is 5.32 Å². The third-order valence-corrected chi connectivity index (χ3v) is 3.29. The molecule has 2 aromatic rings. The molecule has 0 saturated heterocycles. The normalized spacial score (nSPS) is 12.0. The van der Waals surface area contributed by atoms with Gasteiger partial charge in [-0.05, 0) is 24.0 Å². The van der Waals surface area contributed by atoms with Gasteiger partial charge in [-0.25, -0.2) is 18.2 Å². The van der Waals surface area contributed by atoms with E-state index in [-0.39, 0.29) is 16.3 Å². The minimum absolute atomic E-state index is 0.152. The Hall–Kier alpha value is -1.78. The van der Waals surface area contributed by atoms with Gasteiger partial charge in [0.15, 0.2) is 17.5 Å². The summed E-state index contributed by atoms with van der Waals surface area (Å²) in [5.41, 5.74) is 0.438. The lowest BCUT2D eigenvalue weighted by Crippen LogP contribution is -2.17. The van der Waals surface area contributed by atoms with Crippen LogP contribution in [0, 0.1) is 17.5 Å². The van der Waals surface area contributed by atoms with Crippen LogP contribution in [0.25, 0.3) is 10.9 Å². The fourth-order valence-corrected chi connectivity index (χ4v) is 2.17. The largest absolute Gasteiger partial charge is 0.370 e. The lowest BCUT2D eigenvalue weighted by atomic mass is 9.86. The third-order valence-electron chi connectivity index (χ3n) is 3.29. The zero-order chi connectivity index (χ0) is 15.8. The number of benzene rings is 1. The summed E-state index contributed by atoms with van der Waals surface area (Å²) in [7, 11) is 0. The van der Waals surface area contributed by atoms with Gasteiger partial charge in [-0.3, -0.25) is 0 Å². The Bertz CT molecular complexity index is 676. The monoisotopic (exact) mass is 296 g/mol. The standard InChI is InChI=1S/C16H19F3N2/c1-5-6-20-15-10(16(2,3)4)7-9-8-11(17)12(18)13(19)14(9)21-15/h7-8H,5-6H2,1-4H3,(H,20,21). The van der Waals surface area contributed by atoms with Crippen LogP contribution in [0.1, 0.15) is 39.7 Å². The van der Waals surface area contributed by atoms with Crippen molar-refractivity contribution in [3.8, 4) is 0 Å². The van der Waals surface area contributed by atoms with Crippen molar-refractivity contribution < 1.29 is 13.2 Å². The molecule has 1 heterocycles. The molecule has 0 fully saturated rings. The van der Waals surface area contributed by atoms with E-state index < -0.39 is 17.5 Å². The molecule has 114 valence electrons. The number of rotatable bonds is 3.